The molecule has 2 rings (SSSR count). The van der Waals surface area contributed by atoms with Gasteiger partial charge in [-0.1, -0.05) is 30.8 Å². The Labute approximate surface area is 105 Å². The third kappa shape index (κ3) is 3.53. The average Bonchev–Trinajstić information content (AvgIpc) is 2.32. The molecule has 17 heavy (non-hydrogen) atoms. The first-order valence-electron chi connectivity index (χ1n) is 5.07. The summed E-state index contributed by atoms with van der Waals surface area (Å²) in [4.78, 5) is 10.7. The van der Waals surface area contributed by atoms with E-state index in [0.29, 0.717) is 11.4 Å². The number of carbonyl (C=O) groups is 1. The summed E-state index contributed by atoms with van der Waals surface area (Å²) in [7, 11) is 0. The van der Waals surface area contributed by atoms with Gasteiger partial charge in [-0.3, -0.25) is 4.79 Å². The van der Waals surface area contributed by atoms with Crippen LogP contribution < -0.4 is 10.1 Å². The van der Waals surface area contributed by atoms with Gasteiger partial charge in [0.1, 0.15) is 11.5 Å². The maximum atomic E-state index is 10.7. The van der Waals surface area contributed by atoms with Gasteiger partial charge >= 0.3 is 0 Å². The molecule has 2 aromatic rings. The van der Waals surface area contributed by atoms with E-state index in [2.05, 4.69) is 17.9 Å². The van der Waals surface area contributed by atoms with Crippen LogP contribution in [0.2, 0.25) is 0 Å². The Bertz CT molecular complexity index is 497. The van der Waals surface area contributed by atoms with E-state index in [4.69, 9.17) is 4.74 Å². The number of rotatable bonds is 3. The number of benzene rings is 2. The largest absolute Gasteiger partial charge is 0.457 e. The molecule has 1 N–H and O–H groups in total. The lowest BCUT2D eigenvalue weighted by Gasteiger charge is -2.06. The van der Waals surface area contributed by atoms with Crippen LogP contribution in [0.25, 0.3) is 0 Å². The zero-order valence-electron chi connectivity index (χ0n) is 8.96. The van der Waals surface area contributed by atoms with Crippen LogP contribution in [0.3, 0.4) is 0 Å². The molecular formula is C13H11NO2S. The van der Waals surface area contributed by atoms with Crippen molar-refractivity contribution in [3.8, 4) is 11.5 Å². The van der Waals surface area contributed by atoms with Crippen LogP contribution in [0.1, 0.15) is 0 Å². The Morgan fingerprint density at radius 2 is 1.53 bits per heavy atom. The maximum absolute atomic E-state index is 10.7. The highest BCUT2D eigenvalue weighted by Gasteiger charge is 1.98. The number of amides is 1. The van der Waals surface area contributed by atoms with Crippen LogP contribution in [0.5, 0.6) is 11.5 Å². The molecule has 0 radical (unpaired) electrons. The highest BCUT2D eigenvalue weighted by atomic mass is 32.1. The first-order chi connectivity index (χ1) is 8.24. The quantitative estimate of drug-likeness (QED) is 0.804. The molecule has 0 aromatic heterocycles. The fraction of sp³-hybridized carbons (Fsp3) is 0. The number of para-hydroxylation sites is 1. The molecule has 0 unspecified atom stereocenters. The van der Waals surface area contributed by atoms with Gasteiger partial charge in [0.25, 0.3) is 5.24 Å². The summed E-state index contributed by atoms with van der Waals surface area (Å²) >= 11 is 3.63. The summed E-state index contributed by atoms with van der Waals surface area (Å²) in [5.41, 5.74) is 0.686. The van der Waals surface area contributed by atoms with Crippen molar-refractivity contribution in [3.63, 3.8) is 0 Å². The minimum absolute atomic E-state index is 0.387. The molecule has 0 heterocycles. The van der Waals surface area contributed by atoms with Crippen LogP contribution >= 0.6 is 12.6 Å². The first kappa shape index (κ1) is 11.5. The first-order valence-corrected chi connectivity index (χ1v) is 5.52. The summed E-state index contributed by atoms with van der Waals surface area (Å²) in [6, 6.07) is 16.6. The van der Waals surface area contributed by atoms with Crippen molar-refractivity contribution >= 4 is 23.6 Å². The van der Waals surface area contributed by atoms with Gasteiger partial charge in [-0.05, 0) is 36.4 Å². The van der Waals surface area contributed by atoms with Crippen LogP contribution in [0.15, 0.2) is 54.6 Å². The van der Waals surface area contributed by atoms with Gasteiger partial charge in [0, 0.05) is 5.69 Å². The third-order valence-corrected chi connectivity index (χ3v) is 2.20. The molecule has 0 aliphatic rings. The Hall–Kier alpha value is -1.94. The van der Waals surface area contributed by atoms with Gasteiger partial charge in [-0.15, -0.1) is 0 Å². The van der Waals surface area contributed by atoms with Gasteiger partial charge in [0.2, 0.25) is 0 Å². The third-order valence-electron chi connectivity index (χ3n) is 2.08. The van der Waals surface area contributed by atoms with Gasteiger partial charge in [0.15, 0.2) is 0 Å². The average molecular weight is 245 g/mol. The summed E-state index contributed by atoms with van der Waals surface area (Å²) in [6.45, 7) is 0. The van der Waals surface area contributed by atoms with E-state index in [1.807, 2.05) is 30.3 Å². The van der Waals surface area contributed by atoms with Gasteiger partial charge in [-0.25, -0.2) is 0 Å². The highest BCUT2D eigenvalue weighted by molar-refractivity contribution is 7.96. The minimum Gasteiger partial charge on any atom is -0.457 e. The van der Waals surface area contributed by atoms with Crippen molar-refractivity contribution in [2.75, 3.05) is 5.32 Å². The number of hydrogen-bond acceptors (Lipinski definition) is 2. The number of thiol groups is 1. The number of anilines is 1. The summed E-state index contributed by atoms with van der Waals surface area (Å²) < 4.78 is 5.61. The Morgan fingerprint density at radius 3 is 2.12 bits per heavy atom. The molecule has 0 bridgehead atoms. The van der Waals surface area contributed by atoms with Crippen LogP contribution in [-0.2, 0) is 0 Å². The van der Waals surface area contributed by atoms with E-state index >= 15 is 0 Å². The van der Waals surface area contributed by atoms with E-state index in [1.54, 1.807) is 24.3 Å². The Kier molecular flexibility index (Phi) is 3.67. The van der Waals surface area contributed by atoms with Crippen molar-refractivity contribution in [2.24, 2.45) is 0 Å². The summed E-state index contributed by atoms with van der Waals surface area (Å²) in [5.74, 6) is 1.49. The molecule has 0 saturated heterocycles. The monoisotopic (exact) mass is 245 g/mol. The fourth-order valence-corrected chi connectivity index (χ4v) is 1.48. The Balaban J connectivity index is 2.06. The summed E-state index contributed by atoms with van der Waals surface area (Å²) in [6.07, 6.45) is 0. The normalized spacial score (nSPS) is 9.71. The molecule has 0 saturated carbocycles. The topological polar surface area (TPSA) is 38.3 Å². The molecule has 0 aliphatic carbocycles. The van der Waals surface area contributed by atoms with E-state index in [-0.39, 0.29) is 5.24 Å². The molecule has 2 aromatic carbocycles. The maximum Gasteiger partial charge on any atom is 0.280 e. The summed E-state index contributed by atoms with van der Waals surface area (Å²) in [5, 5.41) is 2.18. The van der Waals surface area contributed by atoms with Crippen molar-refractivity contribution < 1.29 is 9.53 Å². The molecule has 3 nitrogen and oxygen atoms in total. The molecule has 4 heteroatoms. The van der Waals surface area contributed by atoms with Crippen molar-refractivity contribution in [1.82, 2.24) is 0 Å². The lowest BCUT2D eigenvalue weighted by Crippen LogP contribution is -2.00. The number of nitrogens with one attached hydrogen (secondary N) is 1. The minimum atomic E-state index is -0.387. The van der Waals surface area contributed by atoms with Crippen molar-refractivity contribution in [1.29, 1.82) is 0 Å². The number of ether oxygens (including phenoxy) is 1. The molecule has 0 aliphatic heterocycles. The van der Waals surface area contributed by atoms with E-state index in [1.165, 1.54) is 0 Å². The predicted octanol–water partition coefficient (Wildman–Crippen LogP) is 3.94. The lowest BCUT2D eigenvalue weighted by molar-refractivity contribution is 0.270. The van der Waals surface area contributed by atoms with Crippen LogP contribution in [-0.4, -0.2) is 5.24 Å². The molecule has 0 spiro atoms. The van der Waals surface area contributed by atoms with E-state index < -0.39 is 0 Å². The molecular weight excluding hydrogens is 234 g/mol. The SMILES string of the molecule is O=C(S)Nc1ccc(Oc2ccccc2)cc1. The van der Waals surface area contributed by atoms with Crippen molar-refractivity contribution in [2.45, 2.75) is 0 Å². The van der Waals surface area contributed by atoms with Crippen LogP contribution in [0, 0.1) is 0 Å². The molecule has 0 fully saturated rings. The number of hydrogen-bond donors (Lipinski definition) is 2. The van der Waals surface area contributed by atoms with Gasteiger partial charge < -0.3 is 10.1 Å². The Morgan fingerprint density at radius 1 is 0.941 bits per heavy atom. The van der Waals surface area contributed by atoms with Crippen LogP contribution in [0.4, 0.5) is 10.5 Å². The second kappa shape index (κ2) is 5.41. The fourth-order valence-electron chi connectivity index (χ4n) is 1.35. The molecule has 86 valence electrons. The van der Waals surface area contributed by atoms with E-state index in [0.717, 1.165) is 5.75 Å². The smallest absolute Gasteiger partial charge is 0.280 e. The molecule has 1 amide bonds. The zero-order valence-corrected chi connectivity index (χ0v) is 9.85. The second-order valence-electron chi connectivity index (χ2n) is 3.37. The van der Waals surface area contributed by atoms with Gasteiger partial charge in [0.05, 0.1) is 0 Å². The highest BCUT2D eigenvalue weighted by Crippen LogP contribution is 2.22. The molecule has 0 atom stereocenters. The number of carbonyl (C=O) groups excluding carboxylic acids is 1. The van der Waals surface area contributed by atoms with Crippen molar-refractivity contribution in [3.05, 3.63) is 54.6 Å². The second-order valence-corrected chi connectivity index (χ2v) is 3.78. The predicted molar refractivity (Wildman–Crippen MR) is 71.0 cm³/mol. The van der Waals surface area contributed by atoms with E-state index in [9.17, 15) is 4.79 Å². The zero-order chi connectivity index (χ0) is 12.1. The van der Waals surface area contributed by atoms with Gasteiger partial charge in [-0.2, -0.15) is 0 Å². The lowest BCUT2D eigenvalue weighted by atomic mass is 10.3. The standard InChI is InChI=1S/C13H11NO2S/c15-13(17)14-10-6-8-12(9-7-10)16-11-4-2-1-3-5-11/h1-9H,(H2,14,15,17).